The number of nitrogens with zero attached hydrogens (tertiary/aromatic N) is 2. The van der Waals surface area contributed by atoms with E-state index in [1.807, 2.05) is 30.3 Å². The molecule has 1 heterocycles. The minimum Gasteiger partial charge on any atom is -0.494 e. The Bertz CT molecular complexity index is 884. The van der Waals surface area contributed by atoms with Crippen LogP contribution in [0.25, 0.3) is 0 Å². The Labute approximate surface area is 173 Å². The SMILES string of the molecule is CN(CCCOc1ccccc1)C(=O)c1csc(COc2ccc(Cl)cc2)n1. The van der Waals surface area contributed by atoms with E-state index in [1.54, 1.807) is 41.6 Å². The van der Waals surface area contributed by atoms with Gasteiger partial charge in [0.05, 0.1) is 6.61 Å². The van der Waals surface area contributed by atoms with Gasteiger partial charge in [0.25, 0.3) is 5.91 Å². The number of hydrogen-bond donors (Lipinski definition) is 0. The molecule has 0 atom stereocenters. The van der Waals surface area contributed by atoms with Crippen LogP contribution in [0, 0.1) is 0 Å². The van der Waals surface area contributed by atoms with Crippen LogP contribution in [0.4, 0.5) is 0 Å². The maximum atomic E-state index is 12.5. The molecule has 0 saturated carbocycles. The van der Waals surface area contributed by atoms with Crippen LogP contribution in [0.2, 0.25) is 5.02 Å². The van der Waals surface area contributed by atoms with Gasteiger partial charge in [0, 0.05) is 24.0 Å². The van der Waals surface area contributed by atoms with E-state index in [-0.39, 0.29) is 5.91 Å². The fraction of sp³-hybridized carbons (Fsp3) is 0.238. The number of aromatic nitrogens is 1. The Morgan fingerprint density at radius 2 is 1.79 bits per heavy atom. The fourth-order valence-electron chi connectivity index (χ4n) is 2.46. The van der Waals surface area contributed by atoms with Gasteiger partial charge in [-0.3, -0.25) is 4.79 Å². The van der Waals surface area contributed by atoms with E-state index in [0.717, 1.165) is 17.2 Å². The zero-order valence-electron chi connectivity index (χ0n) is 15.5. The van der Waals surface area contributed by atoms with Crippen molar-refractivity contribution in [1.29, 1.82) is 0 Å². The second kappa shape index (κ2) is 10.1. The number of amides is 1. The number of thiazole rings is 1. The molecule has 0 N–H and O–H groups in total. The standard InChI is InChI=1S/C21H21ClN2O3S/c1-24(12-5-13-26-17-6-3-2-4-7-17)21(25)19-15-28-20(23-19)14-27-18-10-8-16(22)9-11-18/h2-4,6-11,15H,5,12-14H2,1H3. The van der Waals surface area contributed by atoms with Crippen molar-refractivity contribution in [3.8, 4) is 11.5 Å². The zero-order chi connectivity index (χ0) is 19.8. The Morgan fingerprint density at radius 1 is 1.07 bits per heavy atom. The van der Waals surface area contributed by atoms with Gasteiger partial charge in [-0.2, -0.15) is 0 Å². The number of rotatable bonds is 9. The summed E-state index contributed by atoms with van der Waals surface area (Å²) in [7, 11) is 1.77. The van der Waals surface area contributed by atoms with Crippen LogP contribution in [-0.4, -0.2) is 36.0 Å². The first kappa shape index (κ1) is 20.2. The number of benzene rings is 2. The van der Waals surface area contributed by atoms with Crippen LogP contribution in [0.5, 0.6) is 11.5 Å². The van der Waals surface area contributed by atoms with Crippen molar-refractivity contribution in [3.63, 3.8) is 0 Å². The molecule has 7 heteroatoms. The normalized spacial score (nSPS) is 10.5. The van der Waals surface area contributed by atoms with Crippen LogP contribution >= 0.6 is 22.9 Å². The number of hydrogen-bond acceptors (Lipinski definition) is 5. The molecule has 0 saturated heterocycles. The Kier molecular flexibility index (Phi) is 7.28. The molecule has 0 bridgehead atoms. The number of carbonyl (C=O) groups is 1. The lowest BCUT2D eigenvalue weighted by atomic mass is 10.3. The molecular weight excluding hydrogens is 396 g/mol. The van der Waals surface area contributed by atoms with E-state index in [2.05, 4.69) is 4.98 Å². The summed E-state index contributed by atoms with van der Waals surface area (Å²) in [6, 6.07) is 16.8. The van der Waals surface area contributed by atoms with Gasteiger partial charge >= 0.3 is 0 Å². The summed E-state index contributed by atoms with van der Waals surface area (Å²) in [5, 5.41) is 3.17. The van der Waals surface area contributed by atoms with E-state index in [1.165, 1.54) is 11.3 Å². The molecule has 0 fully saturated rings. The summed E-state index contributed by atoms with van der Waals surface area (Å²) in [6.07, 6.45) is 0.744. The minimum absolute atomic E-state index is 0.103. The highest BCUT2D eigenvalue weighted by molar-refractivity contribution is 7.09. The fourth-order valence-corrected chi connectivity index (χ4v) is 3.26. The van der Waals surface area contributed by atoms with Gasteiger partial charge in [0.1, 0.15) is 28.8 Å². The molecule has 146 valence electrons. The van der Waals surface area contributed by atoms with Crippen molar-refractivity contribution in [2.75, 3.05) is 20.2 Å². The van der Waals surface area contributed by atoms with Crippen molar-refractivity contribution in [2.45, 2.75) is 13.0 Å². The molecule has 28 heavy (non-hydrogen) atoms. The first-order chi connectivity index (χ1) is 13.6. The number of carbonyl (C=O) groups excluding carboxylic acids is 1. The molecule has 0 aliphatic rings. The van der Waals surface area contributed by atoms with Gasteiger partial charge in [-0.15, -0.1) is 11.3 Å². The van der Waals surface area contributed by atoms with Gasteiger partial charge < -0.3 is 14.4 Å². The zero-order valence-corrected chi connectivity index (χ0v) is 17.1. The van der Waals surface area contributed by atoms with E-state index >= 15 is 0 Å². The quantitative estimate of drug-likeness (QED) is 0.465. The number of para-hydroxylation sites is 1. The molecule has 0 unspecified atom stereocenters. The molecule has 5 nitrogen and oxygen atoms in total. The highest BCUT2D eigenvalue weighted by Crippen LogP contribution is 2.18. The highest BCUT2D eigenvalue weighted by atomic mass is 35.5. The van der Waals surface area contributed by atoms with E-state index in [0.29, 0.717) is 36.2 Å². The Morgan fingerprint density at radius 3 is 2.54 bits per heavy atom. The van der Waals surface area contributed by atoms with Gasteiger partial charge in [0.15, 0.2) is 0 Å². The second-order valence-corrected chi connectivity index (χ2v) is 7.49. The lowest BCUT2D eigenvalue weighted by Gasteiger charge is -2.16. The summed E-state index contributed by atoms with van der Waals surface area (Å²) < 4.78 is 11.3. The molecule has 0 aliphatic carbocycles. The lowest BCUT2D eigenvalue weighted by molar-refractivity contribution is 0.0782. The molecule has 1 amide bonds. The van der Waals surface area contributed by atoms with Crippen molar-refractivity contribution in [3.05, 3.63) is 75.7 Å². The third kappa shape index (κ3) is 5.97. The number of halogens is 1. The van der Waals surface area contributed by atoms with Crippen LogP contribution in [0.15, 0.2) is 60.0 Å². The Balaban J connectivity index is 1.42. The van der Waals surface area contributed by atoms with Crippen LogP contribution < -0.4 is 9.47 Å². The molecule has 0 aliphatic heterocycles. The first-order valence-electron chi connectivity index (χ1n) is 8.88. The van der Waals surface area contributed by atoms with Crippen molar-refractivity contribution >= 4 is 28.8 Å². The molecular formula is C21H21ClN2O3S. The van der Waals surface area contributed by atoms with Crippen molar-refractivity contribution in [1.82, 2.24) is 9.88 Å². The Hall–Kier alpha value is -2.57. The number of ether oxygens (including phenoxy) is 2. The van der Waals surface area contributed by atoms with Gasteiger partial charge in [-0.05, 0) is 42.8 Å². The molecule has 3 rings (SSSR count). The van der Waals surface area contributed by atoms with Crippen molar-refractivity contribution < 1.29 is 14.3 Å². The second-order valence-electron chi connectivity index (χ2n) is 6.11. The van der Waals surface area contributed by atoms with E-state index in [9.17, 15) is 4.79 Å². The predicted molar refractivity (Wildman–Crippen MR) is 111 cm³/mol. The van der Waals surface area contributed by atoms with Crippen LogP contribution in [0.3, 0.4) is 0 Å². The van der Waals surface area contributed by atoms with Gasteiger partial charge in [0.2, 0.25) is 0 Å². The topological polar surface area (TPSA) is 51.7 Å². The van der Waals surface area contributed by atoms with E-state index in [4.69, 9.17) is 21.1 Å². The third-order valence-corrected chi connectivity index (χ3v) is 5.02. The van der Waals surface area contributed by atoms with Crippen LogP contribution in [0.1, 0.15) is 21.9 Å². The van der Waals surface area contributed by atoms with Crippen LogP contribution in [-0.2, 0) is 6.61 Å². The van der Waals surface area contributed by atoms with E-state index < -0.39 is 0 Å². The average molecular weight is 417 g/mol. The lowest BCUT2D eigenvalue weighted by Crippen LogP contribution is -2.29. The minimum atomic E-state index is -0.103. The summed E-state index contributed by atoms with van der Waals surface area (Å²) in [4.78, 5) is 18.6. The monoisotopic (exact) mass is 416 g/mol. The van der Waals surface area contributed by atoms with Crippen molar-refractivity contribution in [2.24, 2.45) is 0 Å². The maximum Gasteiger partial charge on any atom is 0.273 e. The largest absolute Gasteiger partial charge is 0.494 e. The predicted octanol–water partition coefficient (Wildman–Crippen LogP) is 4.92. The molecule has 0 spiro atoms. The maximum absolute atomic E-state index is 12.5. The first-order valence-corrected chi connectivity index (χ1v) is 10.1. The summed E-state index contributed by atoms with van der Waals surface area (Å²) in [5.41, 5.74) is 0.436. The average Bonchev–Trinajstić information content (AvgIpc) is 3.20. The van der Waals surface area contributed by atoms with Gasteiger partial charge in [-0.1, -0.05) is 29.8 Å². The summed E-state index contributed by atoms with van der Waals surface area (Å²) >= 11 is 7.27. The highest BCUT2D eigenvalue weighted by Gasteiger charge is 2.15. The molecule has 1 aromatic heterocycles. The molecule has 2 aromatic carbocycles. The summed E-state index contributed by atoms with van der Waals surface area (Å²) in [6.45, 7) is 1.47. The summed E-state index contributed by atoms with van der Waals surface area (Å²) in [5.74, 6) is 1.44. The molecule has 3 aromatic rings. The molecule has 0 radical (unpaired) electrons. The smallest absolute Gasteiger partial charge is 0.273 e. The van der Waals surface area contributed by atoms with Gasteiger partial charge in [-0.25, -0.2) is 4.98 Å². The third-order valence-electron chi connectivity index (χ3n) is 3.94.